The number of rotatable bonds is 4. The van der Waals surface area contributed by atoms with E-state index >= 15 is 0 Å². The van der Waals surface area contributed by atoms with Crippen LogP contribution in [-0.2, 0) is 6.42 Å². The monoisotopic (exact) mass is 340 g/mol. The Labute approximate surface area is 148 Å². The lowest BCUT2D eigenvalue weighted by Gasteiger charge is -2.32. The summed E-state index contributed by atoms with van der Waals surface area (Å²) in [5, 5.41) is 2.94. The van der Waals surface area contributed by atoms with Gasteiger partial charge in [-0.2, -0.15) is 0 Å². The normalized spacial score (nSPS) is 17.2. The molecule has 2 aromatic rings. The second-order valence-corrected chi connectivity index (χ2v) is 6.35. The average Bonchev–Trinajstić information content (AvgIpc) is 2.64. The molecule has 1 aromatic heterocycles. The van der Waals surface area contributed by atoms with Crippen LogP contribution < -0.4 is 10.1 Å². The van der Waals surface area contributed by atoms with Crippen molar-refractivity contribution in [3.8, 4) is 6.01 Å². The number of anilines is 1. The Balaban J connectivity index is 1.56. The molecule has 1 fully saturated rings. The third kappa shape index (κ3) is 4.68. The first-order chi connectivity index (χ1) is 12.1. The summed E-state index contributed by atoms with van der Waals surface area (Å²) < 4.78 is 5.86. The molecule has 1 saturated heterocycles. The van der Waals surface area contributed by atoms with Crippen LogP contribution in [-0.4, -0.2) is 40.1 Å². The van der Waals surface area contributed by atoms with E-state index in [1.54, 1.807) is 17.3 Å². The minimum Gasteiger partial charge on any atom is -0.458 e. The zero-order chi connectivity index (χ0) is 17.6. The molecule has 0 spiro atoms. The van der Waals surface area contributed by atoms with Crippen molar-refractivity contribution in [2.45, 2.75) is 39.2 Å². The molecule has 2 heterocycles. The van der Waals surface area contributed by atoms with Crippen LogP contribution in [0.4, 0.5) is 10.5 Å². The van der Waals surface area contributed by atoms with Gasteiger partial charge >= 0.3 is 12.0 Å². The fourth-order valence-electron chi connectivity index (χ4n) is 2.79. The number of benzene rings is 1. The van der Waals surface area contributed by atoms with Crippen molar-refractivity contribution in [1.82, 2.24) is 14.9 Å². The highest BCUT2D eigenvalue weighted by molar-refractivity contribution is 5.89. The maximum absolute atomic E-state index is 12.5. The number of urea groups is 1. The largest absolute Gasteiger partial charge is 0.458 e. The third-order valence-electron chi connectivity index (χ3n) is 4.33. The van der Waals surface area contributed by atoms with Crippen molar-refractivity contribution in [3.05, 3.63) is 47.8 Å². The molecule has 1 aliphatic rings. The number of likely N-dealkylation sites (tertiary alicyclic amines) is 1. The smallest absolute Gasteiger partial charge is 0.321 e. The first-order valence-corrected chi connectivity index (χ1v) is 8.74. The number of hydrogen-bond donors (Lipinski definition) is 1. The molecule has 2 amide bonds. The minimum absolute atomic E-state index is 0.0787. The molecule has 3 rings (SSSR count). The Bertz CT molecular complexity index is 700. The van der Waals surface area contributed by atoms with Crippen molar-refractivity contribution in [2.24, 2.45) is 0 Å². The van der Waals surface area contributed by atoms with Crippen molar-refractivity contribution < 1.29 is 9.53 Å². The highest BCUT2D eigenvalue weighted by Gasteiger charge is 2.25. The first kappa shape index (κ1) is 17.2. The van der Waals surface area contributed by atoms with E-state index < -0.39 is 0 Å². The third-order valence-corrected chi connectivity index (χ3v) is 4.33. The van der Waals surface area contributed by atoms with Gasteiger partial charge in [0.15, 0.2) is 0 Å². The maximum atomic E-state index is 12.5. The summed E-state index contributed by atoms with van der Waals surface area (Å²) in [7, 11) is 0. The van der Waals surface area contributed by atoms with Crippen molar-refractivity contribution in [2.75, 3.05) is 18.4 Å². The van der Waals surface area contributed by atoms with Gasteiger partial charge in [-0.25, -0.2) is 14.8 Å². The molecule has 6 heteroatoms. The van der Waals surface area contributed by atoms with Gasteiger partial charge in [0.1, 0.15) is 6.10 Å². The molecule has 0 aliphatic carbocycles. The zero-order valence-corrected chi connectivity index (χ0v) is 14.7. The first-order valence-electron chi connectivity index (χ1n) is 8.74. The Morgan fingerprint density at radius 1 is 1.28 bits per heavy atom. The molecule has 0 radical (unpaired) electrons. The topological polar surface area (TPSA) is 67.3 Å². The Kier molecular flexibility index (Phi) is 5.48. The van der Waals surface area contributed by atoms with E-state index in [-0.39, 0.29) is 12.1 Å². The number of aromatic nitrogens is 2. The number of carbonyl (C=O) groups is 1. The molecule has 6 nitrogen and oxygen atoms in total. The Morgan fingerprint density at radius 2 is 2.00 bits per heavy atom. The van der Waals surface area contributed by atoms with E-state index in [9.17, 15) is 4.79 Å². The molecule has 1 aromatic carbocycles. The van der Waals surface area contributed by atoms with Crippen LogP contribution in [0.25, 0.3) is 0 Å². The minimum atomic E-state index is -0.0978. The Morgan fingerprint density at radius 3 is 2.68 bits per heavy atom. The molecular formula is C19H24N4O2. The molecule has 132 valence electrons. The summed E-state index contributed by atoms with van der Waals surface area (Å²) >= 11 is 0. The van der Waals surface area contributed by atoms with Crippen LogP contribution in [0.2, 0.25) is 0 Å². The molecule has 0 bridgehead atoms. The molecule has 25 heavy (non-hydrogen) atoms. The summed E-state index contributed by atoms with van der Waals surface area (Å²) in [6.07, 6.45) is 6.19. The number of aryl methyl sites for hydroxylation is 2. The molecule has 1 N–H and O–H groups in total. The predicted octanol–water partition coefficient (Wildman–Crippen LogP) is 3.42. The lowest BCUT2D eigenvalue weighted by molar-refractivity contribution is 0.0982. The van der Waals surface area contributed by atoms with E-state index in [2.05, 4.69) is 22.2 Å². The van der Waals surface area contributed by atoms with Crippen molar-refractivity contribution in [3.63, 3.8) is 0 Å². The lowest BCUT2D eigenvalue weighted by Crippen LogP contribution is -2.46. The van der Waals surface area contributed by atoms with Gasteiger partial charge in [0, 0.05) is 24.6 Å². The molecule has 1 unspecified atom stereocenters. The highest BCUT2D eigenvalue weighted by Crippen LogP contribution is 2.17. The van der Waals surface area contributed by atoms with Crippen LogP contribution >= 0.6 is 0 Å². The molecular weight excluding hydrogens is 316 g/mol. The average molecular weight is 340 g/mol. The number of ether oxygens (including phenoxy) is 1. The van der Waals surface area contributed by atoms with E-state index in [0.717, 1.165) is 37.1 Å². The van der Waals surface area contributed by atoms with Crippen LogP contribution in [0, 0.1) is 6.92 Å². The van der Waals surface area contributed by atoms with Crippen LogP contribution in [0.1, 0.15) is 30.9 Å². The summed E-state index contributed by atoms with van der Waals surface area (Å²) in [5.41, 5.74) is 3.05. The number of nitrogens with zero attached hydrogens (tertiary/aromatic N) is 3. The standard InChI is InChI=1S/C19H24N4O2/c1-3-15-11-20-18(21-12-15)25-17-5-4-10-23(13-17)19(24)22-16-8-6-14(2)7-9-16/h6-9,11-12,17H,3-5,10,13H2,1-2H3,(H,22,24). The fourth-order valence-corrected chi connectivity index (χ4v) is 2.79. The maximum Gasteiger partial charge on any atom is 0.321 e. The van der Waals surface area contributed by atoms with Gasteiger partial charge in [-0.05, 0) is 43.9 Å². The highest BCUT2D eigenvalue weighted by atomic mass is 16.5. The van der Waals surface area contributed by atoms with Gasteiger partial charge in [-0.1, -0.05) is 24.6 Å². The van der Waals surface area contributed by atoms with E-state index in [4.69, 9.17) is 4.74 Å². The summed E-state index contributed by atoms with van der Waals surface area (Å²) in [5.74, 6) is 0. The SMILES string of the molecule is CCc1cnc(OC2CCCN(C(=O)Nc3ccc(C)cc3)C2)nc1. The second kappa shape index (κ2) is 7.96. The molecule has 1 aliphatic heterocycles. The number of nitrogens with one attached hydrogen (secondary N) is 1. The van der Waals surface area contributed by atoms with Crippen LogP contribution in [0.3, 0.4) is 0 Å². The predicted molar refractivity (Wildman–Crippen MR) is 96.8 cm³/mol. The van der Waals surface area contributed by atoms with Gasteiger partial charge < -0.3 is 15.0 Å². The molecule has 1 atom stereocenters. The number of carbonyl (C=O) groups excluding carboxylic acids is 1. The van der Waals surface area contributed by atoms with Gasteiger partial charge in [-0.3, -0.25) is 0 Å². The quantitative estimate of drug-likeness (QED) is 0.926. The van der Waals surface area contributed by atoms with Crippen molar-refractivity contribution in [1.29, 1.82) is 0 Å². The van der Waals surface area contributed by atoms with E-state index in [1.165, 1.54) is 5.56 Å². The van der Waals surface area contributed by atoms with Gasteiger partial charge in [0.2, 0.25) is 0 Å². The van der Waals surface area contributed by atoms with E-state index in [1.807, 2.05) is 31.2 Å². The zero-order valence-electron chi connectivity index (χ0n) is 14.7. The number of amides is 2. The van der Waals surface area contributed by atoms with Crippen LogP contribution in [0.15, 0.2) is 36.7 Å². The number of piperidine rings is 1. The van der Waals surface area contributed by atoms with Gasteiger partial charge in [0.25, 0.3) is 0 Å². The summed E-state index contributed by atoms with van der Waals surface area (Å²) in [6.45, 7) is 5.35. The van der Waals surface area contributed by atoms with Gasteiger partial charge in [0.05, 0.1) is 6.54 Å². The lowest BCUT2D eigenvalue weighted by atomic mass is 10.1. The Hall–Kier alpha value is -2.63. The van der Waals surface area contributed by atoms with Crippen molar-refractivity contribution >= 4 is 11.7 Å². The number of hydrogen-bond acceptors (Lipinski definition) is 4. The molecule has 0 saturated carbocycles. The van der Waals surface area contributed by atoms with Crippen LogP contribution in [0.5, 0.6) is 6.01 Å². The van der Waals surface area contributed by atoms with E-state index in [0.29, 0.717) is 12.6 Å². The summed E-state index contributed by atoms with van der Waals surface area (Å²) in [4.78, 5) is 22.7. The fraction of sp³-hybridized carbons (Fsp3) is 0.421. The summed E-state index contributed by atoms with van der Waals surface area (Å²) in [6, 6.07) is 8.06. The van der Waals surface area contributed by atoms with Gasteiger partial charge in [-0.15, -0.1) is 0 Å². The second-order valence-electron chi connectivity index (χ2n) is 6.35.